The fourth-order valence-corrected chi connectivity index (χ4v) is 3.63. The van der Waals surface area contributed by atoms with Gasteiger partial charge in [-0.25, -0.2) is 0 Å². The standard InChI is InChI=1S/C19H21BrO/c20-13-17(15-7-2-1-3-8-15)14-21-19-12-6-10-16-9-4-5-11-18(16)19/h1-5,7-9,11,17,19H,6,10,12-14H2. The van der Waals surface area contributed by atoms with Crippen LogP contribution in [-0.2, 0) is 11.2 Å². The lowest BCUT2D eigenvalue weighted by Gasteiger charge is -2.27. The number of aryl methyl sites for hydroxylation is 1. The van der Waals surface area contributed by atoms with Gasteiger partial charge in [-0.05, 0) is 36.0 Å². The third-order valence-corrected chi connectivity index (χ3v) is 5.05. The number of halogens is 1. The van der Waals surface area contributed by atoms with Crippen LogP contribution in [0.5, 0.6) is 0 Å². The fourth-order valence-electron chi connectivity index (χ4n) is 3.07. The third-order valence-electron chi connectivity index (χ3n) is 4.27. The van der Waals surface area contributed by atoms with Gasteiger partial charge in [0.25, 0.3) is 0 Å². The van der Waals surface area contributed by atoms with E-state index >= 15 is 0 Å². The van der Waals surface area contributed by atoms with Crippen LogP contribution in [0, 0.1) is 0 Å². The third kappa shape index (κ3) is 3.56. The molecular formula is C19H21BrO. The van der Waals surface area contributed by atoms with Crippen LogP contribution in [0.2, 0.25) is 0 Å². The van der Waals surface area contributed by atoms with Crippen molar-refractivity contribution < 1.29 is 4.74 Å². The molecular weight excluding hydrogens is 324 g/mol. The molecule has 0 spiro atoms. The van der Waals surface area contributed by atoms with Crippen molar-refractivity contribution in [2.75, 3.05) is 11.9 Å². The monoisotopic (exact) mass is 344 g/mol. The first-order valence-electron chi connectivity index (χ1n) is 7.69. The molecule has 0 saturated heterocycles. The summed E-state index contributed by atoms with van der Waals surface area (Å²) in [6.07, 6.45) is 3.82. The summed E-state index contributed by atoms with van der Waals surface area (Å²) in [5, 5.41) is 0.936. The van der Waals surface area contributed by atoms with Gasteiger partial charge < -0.3 is 4.74 Å². The summed E-state index contributed by atoms with van der Waals surface area (Å²) in [4.78, 5) is 0. The number of benzene rings is 2. The lowest BCUT2D eigenvalue weighted by Crippen LogP contribution is -2.17. The average Bonchev–Trinajstić information content (AvgIpc) is 2.56. The van der Waals surface area contributed by atoms with E-state index in [0.29, 0.717) is 5.92 Å². The molecule has 2 atom stereocenters. The van der Waals surface area contributed by atoms with Gasteiger partial charge >= 0.3 is 0 Å². The van der Waals surface area contributed by atoms with Gasteiger partial charge in [0.2, 0.25) is 0 Å². The molecule has 2 heteroatoms. The zero-order valence-electron chi connectivity index (χ0n) is 12.2. The van der Waals surface area contributed by atoms with E-state index < -0.39 is 0 Å². The normalized spacial score (nSPS) is 19.0. The molecule has 1 nitrogen and oxygen atoms in total. The Morgan fingerprint density at radius 1 is 1.05 bits per heavy atom. The number of hydrogen-bond donors (Lipinski definition) is 0. The van der Waals surface area contributed by atoms with E-state index in [1.54, 1.807) is 0 Å². The van der Waals surface area contributed by atoms with Crippen molar-refractivity contribution in [1.82, 2.24) is 0 Å². The van der Waals surface area contributed by atoms with Crippen molar-refractivity contribution in [1.29, 1.82) is 0 Å². The average molecular weight is 345 g/mol. The highest BCUT2D eigenvalue weighted by Crippen LogP contribution is 2.33. The van der Waals surface area contributed by atoms with Gasteiger partial charge in [-0.1, -0.05) is 70.5 Å². The summed E-state index contributed by atoms with van der Waals surface area (Å²) in [5.74, 6) is 0.417. The Bertz CT molecular complexity index is 567. The Kier molecular flexibility index (Phi) is 5.10. The van der Waals surface area contributed by atoms with Crippen molar-refractivity contribution >= 4 is 15.9 Å². The Balaban J connectivity index is 1.68. The van der Waals surface area contributed by atoms with Crippen LogP contribution in [0.25, 0.3) is 0 Å². The van der Waals surface area contributed by atoms with E-state index in [0.717, 1.165) is 18.4 Å². The highest BCUT2D eigenvalue weighted by molar-refractivity contribution is 9.09. The van der Waals surface area contributed by atoms with Crippen molar-refractivity contribution in [2.45, 2.75) is 31.3 Å². The van der Waals surface area contributed by atoms with Crippen LogP contribution in [0.15, 0.2) is 54.6 Å². The second kappa shape index (κ2) is 7.24. The molecule has 2 aromatic rings. The van der Waals surface area contributed by atoms with Gasteiger partial charge in [0.1, 0.15) is 0 Å². The predicted octanol–water partition coefficient (Wildman–Crippen LogP) is 5.26. The Hall–Kier alpha value is -1.12. The number of rotatable bonds is 5. The molecule has 0 fully saturated rings. The molecule has 110 valence electrons. The largest absolute Gasteiger partial charge is 0.373 e. The second-order valence-electron chi connectivity index (χ2n) is 5.67. The highest BCUT2D eigenvalue weighted by atomic mass is 79.9. The van der Waals surface area contributed by atoms with E-state index in [1.807, 2.05) is 0 Å². The van der Waals surface area contributed by atoms with Crippen molar-refractivity contribution in [3.8, 4) is 0 Å². The molecule has 2 aromatic carbocycles. The minimum Gasteiger partial charge on any atom is -0.373 e. The van der Waals surface area contributed by atoms with Crippen LogP contribution in [0.4, 0.5) is 0 Å². The van der Waals surface area contributed by atoms with E-state index in [1.165, 1.54) is 29.5 Å². The van der Waals surface area contributed by atoms with Crippen LogP contribution in [0.1, 0.15) is 41.6 Å². The zero-order valence-corrected chi connectivity index (χ0v) is 13.8. The van der Waals surface area contributed by atoms with Gasteiger partial charge in [0.15, 0.2) is 0 Å². The fraction of sp³-hybridized carbons (Fsp3) is 0.368. The maximum Gasteiger partial charge on any atom is 0.0828 e. The molecule has 0 aromatic heterocycles. The maximum atomic E-state index is 6.29. The summed E-state index contributed by atoms with van der Waals surface area (Å²) in [7, 11) is 0. The van der Waals surface area contributed by atoms with E-state index in [2.05, 4.69) is 70.5 Å². The lowest BCUT2D eigenvalue weighted by atomic mass is 9.89. The van der Waals surface area contributed by atoms with Gasteiger partial charge in [-0.2, -0.15) is 0 Å². The summed E-state index contributed by atoms with van der Waals surface area (Å²) in [6.45, 7) is 0.772. The van der Waals surface area contributed by atoms with Gasteiger partial charge in [-0.15, -0.1) is 0 Å². The van der Waals surface area contributed by atoms with Crippen LogP contribution >= 0.6 is 15.9 Å². The molecule has 0 bridgehead atoms. The van der Waals surface area contributed by atoms with Gasteiger partial charge in [-0.3, -0.25) is 0 Å². The minimum atomic E-state index is 0.264. The van der Waals surface area contributed by atoms with Gasteiger partial charge in [0, 0.05) is 11.2 Å². The minimum absolute atomic E-state index is 0.264. The van der Waals surface area contributed by atoms with Crippen LogP contribution in [0.3, 0.4) is 0 Å². The molecule has 0 N–H and O–H groups in total. The van der Waals surface area contributed by atoms with E-state index in [9.17, 15) is 0 Å². The molecule has 1 aliphatic carbocycles. The van der Waals surface area contributed by atoms with Crippen molar-refractivity contribution in [2.24, 2.45) is 0 Å². The van der Waals surface area contributed by atoms with E-state index in [-0.39, 0.29) is 6.10 Å². The number of fused-ring (bicyclic) bond motifs is 1. The molecule has 21 heavy (non-hydrogen) atoms. The number of hydrogen-bond acceptors (Lipinski definition) is 1. The molecule has 0 amide bonds. The summed E-state index contributed by atoms with van der Waals surface area (Å²) >= 11 is 3.63. The highest BCUT2D eigenvalue weighted by Gasteiger charge is 2.21. The summed E-state index contributed by atoms with van der Waals surface area (Å²) in [6, 6.07) is 19.4. The van der Waals surface area contributed by atoms with Crippen LogP contribution < -0.4 is 0 Å². The molecule has 0 heterocycles. The molecule has 2 unspecified atom stereocenters. The maximum absolute atomic E-state index is 6.29. The first kappa shape index (κ1) is 14.8. The molecule has 0 radical (unpaired) electrons. The van der Waals surface area contributed by atoms with Gasteiger partial charge in [0.05, 0.1) is 12.7 Å². The predicted molar refractivity (Wildman–Crippen MR) is 91.1 cm³/mol. The Morgan fingerprint density at radius 3 is 2.62 bits per heavy atom. The van der Waals surface area contributed by atoms with E-state index in [4.69, 9.17) is 4.74 Å². The van der Waals surface area contributed by atoms with Crippen LogP contribution in [-0.4, -0.2) is 11.9 Å². The van der Waals surface area contributed by atoms with Crippen molar-refractivity contribution in [3.05, 3.63) is 71.3 Å². The molecule has 0 saturated carbocycles. The SMILES string of the molecule is BrCC(COC1CCCc2ccccc21)c1ccccc1. The molecule has 1 aliphatic rings. The van der Waals surface area contributed by atoms with Crippen molar-refractivity contribution in [3.63, 3.8) is 0 Å². The topological polar surface area (TPSA) is 9.23 Å². The lowest BCUT2D eigenvalue weighted by molar-refractivity contribution is 0.0343. The summed E-state index contributed by atoms with van der Waals surface area (Å²) < 4.78 is 6.29. The first-order chi connectivity index (χ1) is 10.4. The Labute approximate surface area is 135 Å². The quantitative estimate of drug-likeness (QED) is 0.672. The summed E-state index contributed by atoms with van der Waals surface area (Å²) in [5.41, 5.74) is 4.20. The number of ether oxygens (including phenoxy) is 1. The first-order valence-corrected chi connectivity index (χ1v) is 8.81. The smallest absolute Gasteiger partial charge is 0.0828 e. The molecule has 3 rings (SSSR count). The Morgan fingerprint density at radius 2 is 1.81 bits per heavy atom. The second-order valence-corrected chi connectivity index (χ2v) is 6.32. The molecule has 0 aliphatic heterocycles. The zero-order chi connectivity index (χ0) is 14.5. The number of alkyl halides is 1.